The Kier molecular flexibility index (Phi) is 5.90. The number of hydrogen-bond acceptors (Lipinski definition) is 4. The van der Waals surface area contributed by atoms with Crippen molar-refractivity contribution in [3.63, 3.8) is 0 Å². The maximum Gasteiger partial charge on any atom is 0.254 e. The second kappa shape index (κ2) is 9.34. The number of benzene rings is 2. The maximum absolute atomic E-state index is 13.4. The summed E-state index contributed by atoms with van der Waals surface area (Å²) < 4.78 is 5.19. The Morgan fingerprint density at radius 3 is 2.51 bits per heavy atom. The SMILES string of the molecule is O=C(c1ccc(-c2ccc3c(c2)CCN([C@H]2CCN(Cc4ccoc4)C2)C3=O)cc1)N1CCCC1. The number of carbonyl (C=O) groups is 2. The lowest BCUT2D eigenvalue weighted by atomic mass is 9.93. The van der Waals surface area contributed by atoms with Gasteiger partial charge in [0, 0.05) is 62.0 Å². The van der Waals surface area contributed by atoms with Crippen LogP contribution in [-0.2, 0) is 13.0 Å². The molecule has 0 N–H and O–H groups in total. The Morgan fingerprint density at radius 2 is 1.74 bits per heavy atom. The normalized spacial score (nSPS) is 20.5. The minimum absolute atomic E-state index is 0.125. The number of carbonyl (C=O) groups excluding carboxylic acids is 2. The van der Waals surface area contributed by atoms with Crippen LogP contribution in [-0.4, -0.2) is 65.3 Å². The lowest BCUT2D eigenvalue weighted by Gasteiger charge is -2.34. The quantitative estimate of drug-likeness (QED) is 0.554. The number of hydrogen-bond donors (Lipinski definition) is 0. The van der Waals surface area contributed by atoms with Crippen LogP contribution < -0.4 is 0 Å². The minimum atomic E-state index is 0.125. The molecule has 2 fully saturated rings. The fourth-order valence-corrected chi connectivity index (χ4v) is 5.79. The van der Waals surface area contributed by atoms with Gasteiger partial charge in [-0.2, -0.15) is 0 Å². The van der Waals surface area contributed by atoms with Crippen molar-refractivity contribution in [1.29, 1.82) is 0 Å². The van der Waals surface area contributed by atoms with E-state index in [-0.39, 0.29) is 17.9 Å². The summed E-state index contributed by atoms with van der Waals surface area (Å²) in [6, 6.07) is 16.4. The highest BCUT2D eigenvalue weighted by molar-refractivity contribution is 5.98. The van der Waals surface area contributed by atoms with Gasteiger partial charge >= 0.3 is 0 Å². The molecule has 1 aromatic heterocycles. The third kappa shape index (κ3) is 4.39. The van der Waals surface area contributed by atoms with Gasteiger partial charge < -0.3 is 14.2 Å². The monoisotopic (exact) mass is 469 g/mol. The van der Waals surface area contributed by atoms with Crippen LogP contribution in [0.15, 0.2) is 65.5 Å². The number of rotatable bonds is 5. The molecule has 0 aliphatic carbocycles. The molecule has 0 spiro atoms. The van der Waals surface area contributed by atoms with E-state index < -0.39 is 0 Å². The second-order valence-corrected chi connectivity index (χ2v) is 10.0. The standard InChI is InChI=1S/C29H31N3O3/c33-28(31-12-1-2-13-31)23-5-3-22(4-6-23)24-7-8-27-25(17-24)9-15-32(29(27)34)26-10-14-30(19-26)18-21-11-16-35-20-21/h3-8,11,16-17,20,26H,1-2,9-10,12-15,18-19H2/t26-/m0/s1. The molecule has 35 heavy (non-hydrogen) atoms. The molecule has 180 valence electrons. The summed E-state index contributed by atoms with van der Waals surface area (Å²) in [7, 11) is 0. The summed E-state index contributed by atoms with van der Waals surface area (Å²) in [4.78, 5) is 32.4. The molecule has 3 aliphatic rings. The van der Waals surface area contributed by atoms with Gasteiger partial charge in [-0.3, -0.25) is 14.5 Å². The van der Waals surface area contributed by atoms with Gasteiger partial charge in [0.1, 0.15) is 0 Å². The first kappa shape index (κ1) is 22.1. The zero-order valence-electron chi connectivity index (χ0n) is 20.0. The molecule has 2 amide bonds. The number of likely N-dealkylation sites (tertiary alicyclic amines) is 2. The molecule has 2 saturated heterocycles. The van der Waals surface area contributed by atoms with Crippen LogP contribution in [0.5, 0.6) is 0 Å². The van der Waals surface area contributed by atoms with Crippen molar-refractivity contribution in [2.45, 2.75) is 38.3 Å². The van der Waals surface area contributed by atoms with Crippen LogP contribution in [0, 0.1) is 0 Å². The Labute approximate surface area is 206 Å². The van der Waals surface area contributed by atoms with Crippen molar-refractivity contribution in [1.82, 2.24) is 14.7 Å². The van der Waals surface area contributed by atoms with E-state index in [2.05, 4.69) is 15.9 Å². The van der Waals surface area contributed by atoms with Crippen LogP contribution in [0.1, 0.15) is 51.1 Å². The number of nitrogens with zero attached hydrogens (tertiary/aromatic N) is 3. The van der Waals surface area contributed by atoms with Crippen LogP contribution in [0.25, 0.3) is 11.1 Å². The molecule has 0 radical (unpaired) electrons. The van der Waals surface area contributed by atoms with E-state index in [1.165, 1.54) is 5.56 Å². The van der Waals surface area contributed by atoms with Gasteiger partial charge in [0.15, 0.2) is 0 Å². The molecule has 6 nitrogen and oxygen atoms in total. The zero-order valence-corrected chi connectivity index (χ0v) is 20.0. The van der Waals surface area contributed by atoms with E-state index in [4.69, 9.17) is 4.42 Å². The molecular weight excluding hydrogens is 438 g/mol. The summed E-state index contributed by atoms with van der Waals surface area (Å²) in [5, 5.41) is 0. The first-order chi connectivity index (χ1) is 17.2. The number of amides is 2. The highest BCUT2D eigenvalue weighted by Crippen LogP contribution is 2.29. The van der Waals surface area contributed by atoms with Crippen LogP contribution in [0.4, 0.5) is 0 Å². The molecule has 0 bridgehead atoms. The van der Waals surface area contributed by atoms with E-state index in [0.717, 1.165) is 92.8 Å². The summed E-state index contributed by atoms with van der Waals surface area (Å²) in [6.45, 7) is 5.27. The largest absolute Gasteiger partial charge is 0.472 e. The Hall–Kier alpha value is -3.38. The fraction of sp³-hybridized carbons (Fsp3) is 0.379. The first-order valence-corrected chi connectivity index (χ1v) is 12.7. The predicted molar refractivity (Wildman–Crippen MR) is 134 cm³/mol. The lowest BCUT2D eigenvalue weighted by Crippen LogP contribution is -2.45. The van der Waals surface area contributed by atoms with Gasteiger partial charge in [0.2, 0.25) is 0 Å². The van der Waals surface area contributed by atoms with Crippen LogP contribution in [0.3, 0.4) is 0 Å². The third-order valence-corrected chi connectivity index (χ3v) is 7.75. The van der Waals surface area contributed by atoms with Gasteiger partial charge in [-0.15, -0.1) is 0 Å². The van der Waals surface area contributed by atoms with Gasteiger partial charge in [0.25, 0.3) is 11.8 Å². The highest BCUT2D eigenvalue weighted by atomic mass is 16.3. The van der Waals surface area contributed by atoms with E-state index in [9.17, 15) is 9.59 Å². The van der Waals surface area contributed by atoms with Crippen LogP contribution >= 0.6 is 0 Å². The van der Waals surface area contributed by atoms with Crippen molar-refractivity contribution in [3.05, 3.63) is 83.3 Å². The van der Waals surface area contributed by atoms with Crippen molar-refractivity contribution in [2.24, 2.45) is 0 Å². The lowest BCUT2D eigenvalue weighted by molar-refractivity contribution is 0.0663. The topological polar surface area (TPSA) is 57.0 Å². The molecule has 2 aromatic carbocycles. The average Bonchev–Trinajstić information content (AvgIpc) is 3.68. The van der Waals surface area contributed by atoms with E-state index in [1.54, 1.807) is 12.5 Å². The van der Waals surface area contributed by atoms with E-state index in [0.29, 0.717) is 0 Å². The average molecular weight is 470 g/mol. The summed E-state index contributed by atoms with van der Waals surface area (Å²) in [6.07, 6.45) is 7.59. The molecule has 3 aliphatic heterocycles. The molecule has 6 rings (SSSR count). The van der Waals surface area contributed by atoms with Gasteiger partial charge in [-0.05, 0) is 66.6 Å². The molecule has 1 atom stereocenters. The molecule has 4 heterocycles. The van der Waals surface area contributed by atoms with Crippen molar-refractivity contribution in [3.8, 4) is 11.1 Å². The molecule has 3 aromatic rings. The maximum atomic E-state index is 13.4. The Bertz CT molecular complexity index is 1210. The Morgan fingerprint density at radius 1 is 0.943 bits per heavy atom. The van der Waals surface area contributed by atoms with Crippen molar-refractivity contribution >= 4 is 11.8 Å². The first-order valence-electron chi connectivity index (χ1n) is 12.7. The molecule has 0 unspecified atom stereocenters. The summed E-state index contributed by atoms with van der Waals surface area (Å²) in [5.74, 6) is 0.278. The second-order valence-electron chi connectivity index (χ2n) is 10.0. The van der Waals surface area contributed by atoms with Crippen molar-refractivity contribution < 1.29 is 14.0 Å². The minimum Gasteiger partial charge on any atom is -0.472 e. The highest BCUT2D eigenvalue weighted by Gasteiger charge is 2.34. The van der Waals surface area contributed by atoms with E-state index >= 15 is 0 Å². The molecule has 6 heteroatoms. The zero-order chi connectivity index (χ0) is 23.8. The van der Waals surface area contributed by atoms with Gasteiger partial charge in [0.05, 0.1) is 12.5 Å². The smallest absolute Gasteiger partial charge is 0.254 e. The van der Waals surface area contributed by atoms with E-state index in [1.807, 2.05) is 47.4 Å². The predicted octanol–water partition coefficient (Wildman–Crippen LogP) is 4.46. The number of furan rings is 1. The Balaban J connectivity index is 1.13. The van der Waals surface area contributed by atoms with Crippen LogP contribution in [0.2, 0.25) is 0 Å². The molecule has 0 saturated carbocycles. The summed E-state index contributed by atoms with van der Waals surface area (Å²) >= 11 is 0. The number of fused-ring (bicyclic) bond motifs is 1. The molecular formula is C29H31N3O3. The third-order valence-electron chi connectivity index (χ3n) is 7.75. The van der Waals surface area contributed by atoms with Gasteiger partial charge in [-0.25, -0.2) is 0 Å². The summed E-state index contributed by atoms with van der Waals surface area (Å²) in [5.41, 5.74) is 6.05. The van der Waals surface area contributed by atoms with Gasteiger partial charge in [-0.1, -0.05) is 24.3 Å². The fourth-order valence-electron chi connectivity index (χ4n) is 5.79. The van der Waals surface area contributed by atoms with Crippen molar-refractivity contribution in [2.75, 3.05) is 32.7 Å².